The fourth-order valence-corrected chi connectivity index (χ4v) is 3.51. The van der Waals surface area contributed by atoms with Crippen LogP contribution in [0.1, 0.15) is 28.0 Å². The molecular weight excluding hydrogens is 441 g/mol. The summed E-state index contributed by atoms with van der Waals surface area (Å²) in [6.45, 7) is 1.16. The van der Waals surface area contributed by atoms with Crippen LogP contribution < -0.4 is 16.0 Å². The number of methoxy groups -OCH3 is 1. The molecule has 1 aromatic heterocycles. The number of carbonyl (C=O) groups excluding carboxylic acids is 3. The highest BCUT2D eigenvalue weighted by Crippen LogP contribution is 2.24. The fraction of sp³-hybridized carbons (Fsp3) is 0.333. The maximum absolute atomic E-state index is 13.5. The van der Waals surface area contributed by atoms with Crippen molar-refractivity contribution in [2.45, 2.75) is 12.8 Å². The average Bonchev–Trinajstić information content (AvgIpc) is 2.86. The lowest BCUT2D eigenvalue weighted by Gasteiger charge is -2.25. The van der Waals surface area contributed by atoms with Crippen LogP contribution in [0.2, 0.25) is 0 Å². The lowest BCUT2D eigenvalue weighted by Crippen LogP contribution is -2.35. The van der Waals surface area contributed by atoms with Gasteiger partial charge in [0.05, 0.1) is 24.9 Å². The molecule has 180 valence electrons. The largest absolute Gasteiger partial charge is 0.453 e. The quantitative estimate of drug-likeness (QED) is 0.547. The summed E-state index contributed by atoms with van der Waals surface area (Å²) >= 11 is 0. The molecule has 1 aliphatic rings. The van der Waals surface area contributed by atoms with E-state index >= 15 is 0 Å². The smallest absolute Gasteiger partial charge is 0.409 e. The fourth-order valence-electron chi connectivity index (χ4n) is 3.51. The molecule has 0 radical (unpaired) electrons. The van der Waals surface area contributed by atoms with Crippen LogP contribution in [0, 0.1) is 5.82 Å². The Balaban J connectivity index is 1.78. The number of amides is 3. The number of anilines is 1. The first kappa shape index (κ1) is 24.7. The second-order valence-corrected chi connectivity index (χ2v) is 7.65. The molecule has 3 amide bonds. The van der Waals surface area contributed by atoms with Gasteiger partial charge in [-0.15, -0.1) is 0 Å². The summed E-state index contributed by atoms with van der Waals surface area (Å²) in [5, 5.41) is 8.20. The van der Waals surface area contributed by atoms with Crippen LogP contribution in [0.25, 0.3) is 5.57 Å². The highest BCUT2D eigenvalue weighted by Gasteiger charge is 2.20. The normalized spacial score (nSPS) is 13.0. The van der Waals surface area contributed by atoms with Crippen molar-refractivity contribution in [3.05, 3.63) is 65.1 Å². The number of hydrogen-bond donors (Lipinski definition) is 3. The Morgan fingerprint density at radius 3 is 2.71 bits per heavy atom. The SMILES string of the molecule is CNC(=O)CNC(=O)c1ccc(C2=CCN(C(=O)OC)CC2)nc1NCCc1cccc(F)c1. The first-order valence-corrected chi connectivity index (χ1v) is 10.9. The molecule has 1 aromatic carbocycles. The minimum Gasteiger partial charge on any atom is -0.453 e. The summed E-state index contributed by atoms with van der Waals surface area (Å²) in [4.78, 5) is 42.2. The van der Waals surface area contributed by atoms with Gasteiger partial charge in [0.25, 0.3) is 5.91 Å². The van der Waals surface area contributed by atoms with E-state index in [9.17, 15) is 18.8 Å². The van der Waals surface area contributed by atoms with Crippen LogP contribution >= 0.6 is 0 Å². The molecule has 10 heteroatoms. The summed E-state index contributed by atoms with van der Waals surface area (Å²) in [6, 6.07) is 9.71. The number of nitrogens with zero attached hydrogens (tertiary/aromatic N) is 2. The van der Waals surface area contributed by atoms with Gasteiger partial charge in [0.2, 0.25) is 5.91 Å². The molecule has 0 unspecified atom stereocenters. The Bertz CT molecular complexity index is 1090. The van der Waals surface area contributed by atoms with Gasteiger partial charge < -0.3 is 25.6 Å². The van der Waals surface area contributed by atoms with Crippen LogP contribution in [-0.2, 0) is 16.0 Å². The maximum atomic E-state index is 13.5. The average molecular weight is 470 g/mol. The number of ether oxygens (including phenoxy) is 1. The van der Waals surface area contributed by atoms with E-state index in [2.05, 4.69) is 20.9 Å². The Morgan fingerprint density at radius 2 is 2.03 bits per heavy atom. The highest BCUT2D eigenvalue weighted by molar-refractivity contribution is 6.00. The zero-order valence-corrected chi connectivity index (χ0v) is 19.2. The first-order valence-electron chi connectivity index (χ1n) is 10.9. The minimum atomic E-state index is -0.439. The lowest BCUT2D eigenvalue weighted by molar-refractivity contribution is -0.119. The van der Waals surface area contributed by atoms with Crippen molar-refractivity contribution in [1.29, 1.82) is 0 Å². The van der Waals surface area contributed by atoms with Crippen LogP contribution in [0.5, 0.6) is 0 Å². The zero-order valence-electron chi connectivity index (χ0n) is 19.2. The van der Waals surface area contributed by atoms with Gasteiger partial charge in [-0.25, -0.2) is 14.2 Å². The number of benzene rings is 1. The second kappa shape index (κ2) is 11.8. The van der Waals surface area contributed by atoms with E-state index in [0.29, 0.717) is 49.6 Å². The molecule has 0 bridgehead atoms. The molecular formula is C24H28FN5O4. The Labute approximate surface area is 197 Å². The van der Waals surface area contributed by atoms with Crippen LogP contribution in [-0.4, -0.2) is 68.1 Å². The van der Waals surface area contributed by atoms with Gasteiger partial charge in [-0.2, -0.15) is 0 Å². The minimum absolute atomic E-state index is 0.158. The molecule has 0 saturated heterocycles. The van der Waals surface area contributed by atoms with Crippen molar-refractivity contribution < 1.29 is 23.5 Å². The molecule has 1 aliphatic heterocycles. The molecule has 2 heterocycles. The van der Waals surface area contributed by atoms with Crippen molar-refractivity contribution in [3.63, 3.8) is 0 Å². The third kappa shape index (κ3) is 6.53. The van der Waals surface area contributed by atoms with Crippen LogP contribution in [0.4, 0.5) is 15.0 Å². The Hall–Kier alpha value is -3.95. The van der Waals surface area contributed by atoms with E-state index in [-0.39, 0.29) is 24.4 Å². The maximum Gasteiger partial charge on any atom is 0.409 e. The number of halogens is 1. The van der Waals surface area contributed by atoms with Gasteiger partial charge in [-0.05, 0) is 48.2 Å². The predicted octanol–water partition coefficient (Wildman–Crippen LogP) is 2.21. The predicted molar refractivity (Wildman–Crippen MR) is 126 cm³/mol. The van der Waals surface area contributed by atoms with Gasteiger partial charge in [0, 0.05) is 26.7 Å². The molecule has 3 rings (SSSR count). The van der Waals surface area contributed by atoms with Crippen LogP contribution in [0.15, 0.2) is 42.5 Å². The zero-order chi connectivity index (χ0) is 24.5. The third-order valence-electron chi connectivity index (χ3n) is 5.39. The van der Waals surface area contributed by atoms with Crippen LogP contribution in [0.3, 0.4) is 0 Å². The van der Waals surface area contributed by atoms with Gasteiger partial charge in [0.15, 0.2) is 0 Å². The van der Waals surface area contributed by atoms with Gasteiger partial charge in [-0.3, -0.25) is 9.59 Å². The summed E-state index contributed by atoms with van der Waals surface area (Å²) in [6.07, 6.45) is 2.64. The summed E-state index contributed by atoms with van der Waals surface area (Å²) in [5.41, 5.74) is 2.73. The summed E-state index contributed by atoms with van der Waals surface area (Å²) < 4.78 is 18.2. The highest BCUT2D eigenvalue weighted by atomic mass is 19.1. The number of hydrogen-bond acceptors (Lipinski definition) is 6. The second-order valence-electron chi connectivity index (χ2n) is 7.65. The van der Waals surface area contributed by atoms with E-state index in [0.717, 1.165) is 11.1 Å². The first-order chi connectivity index (χ1) is 16.4. The summed E-state index contributed by atoms with van der Waals surface area (Å²) in [5.74, 6) is -0.705. The van der Waals surface area contributed by atoms with Gasteiger partial charge >= 0.3 is 6.09 Å². The Morgan fingerprint density at radius 1 is 1.21 bits per heavy atom. The van der Waals surface area contributed by atoms with Crippen molar-refractivity contribution in [1.82, 2.24) is 20.5 Å². The monoisotopic (exact) mass is 469 g/mol. The van der Waals surface area contributed by atoms with Crippen molar-refractivity contribution in [2.75, 3.05) is 45.7 Å². The molecule has 34 heavy (non-hydrogen) atoms. The Kier molecular flexibility index (Phi) is 8.55. The van der Waals surface area contributed by atoms with E-state index in [1.807, 2.05) is 12.1 Å². The van der Waals surface area contributed by atoms with Crippen molar-refractivity contribution in [3.8, 4) is 0 Å². The molecule has 0 aliphatic carbocycles. The number of likely N-dealkylation sites (N-methyl/N-ethyl adjacent to an activating group) is 1. The number of carbonyl (C=O) groups is 3. The molecule has 0 saturated carbocycles. The summed E-state index contributed by atoms with van der Waals surface area (Å²) in [7, 11) is 2.84. The standard InChI is InChI=1S/C24H28FN5O4/c1-26-21(31)15-28-23(32)19-6-7-20(17-9-12-30(13-10-17)24(33)34-2)29-22(19)27-11-8-16-4-3-5-18(25)14-16/h3-7,9,14H,8,10-13,15H2,1-2H3,(H,26,31)(H,27,29)(H,28,32). The van der Waals surface area contributed by atoms with Crippen molar-refractivity contribution >= 4 is 29.3 Å². The topological polar surface area (TPSA) is 113 Å². The van der Waals surface area contributed by atoms with Crippen molar-refractivity contribution in [2.24, 2.45) is 0 Å². The van der Waals surface area contributed by atoms with Gasteiger partial charge in [0.1, 0.15) is 11.6 Å². The number of rotatable bonds is 8. The molecule has 9 nitrogen and oxygen atoms in total. The number of pyridine rings is 1. The van der Waals surface area contributed by atoms with E-state index < -0.39 is 5.91 Å². The number of nitrogens with one attached hydrogen (secondary N) is 3. The lowest BCUT2D eigenvalue weighted by atomic mass is 10.0. The van der Waals surface area contributed by atoms with E-state index in [1.165, 1.54) is 26.3 Å². The van der Waals surface area contributed by atoms with Gasteiger partial charge in [-0.1, -0.05) is 18.2 Å². The molecule has 0 spiro atoms. The third-order valence-corrected chi connectivity index (χ3v) is 5.39. The van der Waals surface area contributed by atoms with E-state index in [1.54, 1.807) is 23.1 Å². The molecule has 0 fully saturated rings. The molecule has 3 N–H and O–H groups in total. The molecule has 0 atom stereocenters. The van der Waals surface area contributed by atoms with E-state index in [4.69, 9.17) is 4.74 Å². The number of aromatic nitrogens is 1. The molecule has 2 aromatic rings.